The SMILES string of the molecule is COc1cccc2c1OC13CCCCC1C2C(=C(C)O)C(=O)N3. The lowest BCUT2D eigenvalue weighted by Gasteiger charge is -2.54. The molecule has 5 nitrogen and oxygen atoms in total. The lowest BCUT2D eigenvalue weighted by atomic mass is 9.64. The quantitative estimate of drug-likeness (QED) is 0.617. The zero-order valence-corrected chi connectivity index (χ0v) is 13.4. The molecule has 3 unspecified atom stereocenters. The summed E-state index contributed by atoms with van der Waals surface area (Å²) in [6.07, 6.45) is 3.89. The van der Waals surface area contributed by atoms with Crippen LogP contribution in [0.15, 0.2) is 29.5 Å². The smallest absolute Gasteiger partial charge is 0.254 e. The van der Waals surface area contributed by atoms with Crippen molar-refractivity contribution in [2.24, 2.45) is 5.92 Å². The molecule has 1 saturated carbocycles. The first kappa shape index (κ1) is 14.4. The third-order valence-corrected chi connectivity index (χ3v) is 5.43. The summed E-state index contributed by atoms with van der Waals surface area (Å²) in [5.74, 6) is 1.22. The van der Waals surface area contributed by atoms with E-state index in [1.54, 1.807) is 14.0 Å². The summed E-state index contributed by atoms with van der Waals surface area (Å²) < 4.78 is 11.8. The van der Waals surface area contributed by atoms with E-state index in [4.69, 9.17) is 9.47 Å². The molecule has 1 amide bonds. The first-order chi connectivity index (χ1) is 11.1. The second kappa shape index (κ2) is 4.91. The number of methoxy groups -OCH3 is 1. The van der Waals surface area contributed by atoms with Gasteiger partial charge in [0.1, 0.15) is 0 Å². The van der Waals surface area contributed by atoms with Crippen LogP contribution >= 0.6 is 0 Å². The molecule has 0 spiro atoms. The monoisotopic (exact) mass is 315 g/mol. The second-order valence-electron chi connectivity index (χ2n) is 6.65. The highest BCUT2D eigenvalue weighted by molar-refractivity contribution is 5.97. The van der Waals surface area contributed by atoms with Gasteiger partial charge in [0, 0.05) is 23.8 Å². The minimum absolute atomic E-state index is 0.0855. The standard InChI is InChI=1S/C18H21NO4/c1-10(20)14-15-11-6-5-8-13(22-2)16(11)23-18(19-17(14)21)9-4-3-7-12(15)18/h5-6,8,12,15,20H,3-4,7,9H2,1-2H3,(H,19,21). The van der Waals surface area contributed by atoms with Crippen LogP contribution in [0.5, 0.6) is 11.5 Å². The van der Waals surface area contributed by atoms with Gasteiger partial charge in [-0.1, -0.05) is 18.6 Å². The Labute approximate surface area is 135 Å². The number of piperidine rings is 1. The number of nitrogens with one attached hydrogen (secondary N) is 1. The van der Waals surface area contributed by atoms with Crippen LogP contribution in [-0.4, -0.2) is 23.8 Å². The molecule has 2 fully saturated rings. The van der Waals surface area contributed by atoms with Gasteiger partial charge in [-0.2, -0.15) is 0 Å². The Bertz CT molecular complexity index is 707. The van der Waals surface area contributed by atoms with Crippen molar-refractivity contribution in [1.82, 2.24) is 5.32 Å². The van der Waals surface area contributed by atoms with Crippen molar-refractivity contribution in [1.29, 1.82) is 0 Å². The Morgan fingerprint density at radius 1 is 1.43 bits per heavy atom. The molecule has 1 aromatic rings. The third-order valence-electron chi connectivity index (χ3n) is 5.43. The van der Waals surface area contributed by atoms with E-state index in [-0.39, 0.29) is 23.5 Å². The second-order valence-corrected chi connectivity index (χ2v) is 6.65. The zero-order chi connectivity index (χ0) is 16.2. The van der Waals surface area contributed by atoms with E-state index in [1.165, 1.54) is 0 Å². The molecule has 1 saturated heterocycles. The maximum absolute atomic E-state index is 12.6. The fourth-order valence-corrected chi connectivity index (χ4v) is 4.51. The van der Waals surface area contributed by atoms with Crippen LogP contribution in [0, 0.1) is 5.92 Å². The summed E-state index contributed by atoms with van der Waals surface area (Å²) in [6.45, 7) is 1.58. The minimum atomic E-state index is -0.680. The van der Waals surface area contributed by atoms with Gasteiger partial charge in [0.2, 0.25) is 0 Å². The number of ether oxygens (including phenoxy) is 2. The molecule has 5 heteroatoms. The van der Waals surface area contributed by atoms with Crippen molar-refractivity contribution in [2.75, 3.05) is 7.11 Å². The summed E-state index contributed by atoms with van der Waals surface area (Å²) in [4.78, 5) is 12.6. The number of hydrogen-bond donors (Lipinski definition) is 2. The van der Waals surface area contributed by atoms with Crippen LogP contribution in [0.2, 0.25) is 0 Å². The highest BCUT2D eigenvalue weighted by Crippen LogP contribution is 2.57. The molecule has 2 heterocycles. The maximum atomic E-state index is 12.6. The van der Waals surface area contributed by atoms with Crippen LogP contribution in [-0.2, 0) is 4.79 Å². The molecule has 2 aliphatic heterocycles. The average molecular weight is 315 g/mol. The third kappa shape index (κ3) is 1.89. The number of carbonyl (C=O) groups is 1. The van der Waals surface area contributed by atoms with E-state index in [9.17, 15) is 9.90 Å². The molecule has 23 heavy (non-hydrogen) atoms. The molecule has 122 valence electrons. The lowest BCUT2D eigenvalue weighted by molar-refractivity contribution is -0.141. The highest BCUT2D eigenvalue weighted by Gasteiger charge is 2.58. The van der Waals surface area contributed by atoms with Gasteiger partial charge in [0.15, 0.2) is 17.2 Å². The van der Waals surface area contributed by atoms with Crippen molar-refractivity contribution < 1.29 is 19.4 Å². The van der Waals surface area contributed by atoms with E-state index in [2.05, 4.69) is 5.32 Å². The van der Waals surface area contributed by atoms with Crippen molar-refractivity contribution in [2.45, 2.75) is 44.2 Å². The molecule has 3 aliphatic rings. The average Bonchev–Trinajstić information content (AvgIpc) is 2.52. The van der Waals surface area contributed by atoms with Gasteiger partial charge in [-0.15, -0.1) is 0 Å². The Kier molecular flexibility index (Phi) is 3.08. The molecule has 2 bridgehead atoms. The van der Waals surface area contributed by atoms with E-state index in [0.717, 1.165) is 31.2 Å². The number of hydrogen-bond acceptors (Lipinski definition) is 4. The molecular formula is C18H21NO4. The first-order valence-corrected chi connectivity index (χ1v) is 8.15. The summed E-state index contributed by atoms with van der Waals surface area (Å²) >= 11 is 0. The first-order valence-electron chi connectivity index (χ1n) is 8.15. The molecule has 0 aromatic heterocycles. The summed E-state index contributed by atoms with van der Waals surface area (Å²) in [6, 6.07) is 5.75. The maximum Gasteiger partial charge on any atom is 0.254 e. The predicted molar refractivity (Wildman–Crippen MR) is 84.5 cm³/mol. The van der Waals surface area contributed by atoms with Crippen LogP contribution in [0.1, 0.15) is 44.1 Å². The topological polar surface area (TPSA) is 67.8 Å². The van der Waals surface area contributed by atoms with Gasteiger partial charge in [0.25, 0.3) is 5.91 Å². The highest BCUT2D eigenvalue weighted by atomic mass is 16.5. The molecule has 1 aliphatic carbocycles. The van der Waals surface area contributed by atoms with Gasteiger partial charge < -0.3 is 19.9 Å². The van der Waals surface area contributed by atoms with E-state index < -0.39 is 5.72 Å². The van der Waals surface area contributed by atoms with Gasteiger partial charge >= 0.3 is 0 Å². The number of fused-ring (bicyclic) bond motifs is 2. The van der Waals surface area contributed by atoms with E-state index >= 15 is 0 Å². The summed E-state index contributed by atoms with van der Waals surface area (Å²) in [5.41, 5.74) is 0.719. The molecular weight excluding hydrogens is 294 g/mol. The van der Waals surface area contributed by atoms with Crippen molar-refractivity contribution in [3.8, 4) is 11.5 Å². The molecule has 4 rings (SSSR count). The van der Waals surface area contributed by atoms with Crippen LogP contribution < -0.4 is 14.8 Å². The van der Waals surface area contributed by atoms with Crippen molar-refractivity contribution in [3.63, 3.8) is 0 Å². The van der Waals surface area contributed by atoms with Crippen molar-refractivity contribution >= 4 is 5.91 Å². The fourth-order valence-electron chi connectivity index (χ4n) is 4.51. The number of allylic oxidation sites excluding steroid dienone is 1. The van der Waals surface area contributed by atoms with E-state index in [1.807, 2.05) is 18.2 Å². The molecule has 1 aromatic carbocycles. The number of benzene rings is 1. The number of amides is 1. The van der Waals surface area contributed by atoms with Gasteiger partial charge in [0.05, 0.1) is 18.4 Å². The number of aliphatic hydroxyl groups excluding tert-OH is 1. The van der Waals surface area contributed by atoms with Crippen molar-refractivity contribution in [3.05, 3.63) is 35.1 Å². The largest absolute Gasteiger partial charge is 0.512 e. The van der Waals surface area contributed by atoms with Gasteiger partial charge in [-0.25, -0.2) is 0 Å². The minimum Gasteiger partial charge on any atom is -0.512 e. The molecule has 3 atom stereocenters. The number of para-hydroxylation sites is 1. The van der Waals surface area contributed by atoms with Crippen LogP contribution in [0.4, 0.5) is 0 Å². The molecule has 0 radical (unpaired) electrons. The van der Waals surface area contributed by atoms with E-state index in [0.29, 0.717) is 17.1 Å². The normalized spacial score (nSPS) is 33.7. The molecule has 2 N–H and O–H groups in total. The Balaban J connectivity index is 1.98. The number of rotatable bonds is 1. The summed E-state index contributed by atoms with van der Waals surface area (Å²) in [7, 11) is 1.62. The fraction of sp³-hybridized carbons (Fsp3) is 0.500. The lowest BCUT2D eigenvalue weighted by Crippen LogP contribution is -2.66. The summed E-state index contributed by atoms with van der Waals surface area (Å²) in [5, 5.41) is 13.2. The van der Waals surface area contributed by atoms with Gasteiger partial charge in [-0.05, 0) is 25.8 Å². The van der Waals surface area contributed by atoms with Crippen LogP contribution in [0.25, 0.3) is 0 Å². The Morgan fingerprint density at radius 2 is 2.26 bits per heavy atom. The number of carbonyl (C=O) groups excluding carboxylic acids is 1. The Hall–Kier alpha value is -2.17. The Morgan fingerprint density at radius 3 is 3.00 bits per heavy atom. The zero-order valence-electron chi connectivity index (χ0n) is 13.4. The number of aliphatic hydroxyl groups is 1. The predicted octanol–water partition coefficient (Wildman–Crippen LogP) is 3.02. The van der Waals surface area contributed by atoms with Crippen LogP contribution in [0.3, 0.4) is 0 Å². The van der Waals surface area contributed by atoms with Gasteiger partial charge in [-0.3, -0.25) is 4.79 Å².